The van der Waals surface area contributed by atoms with Crippen LogP contribution in [0.4, 0.5) is 10.1 Å². The molecular weight excluding hydrogens is 271 g/mol. The molecular formula is C12H16BrFN2. The molecule has 0 aliphatic heterocycles. The Labute approximate surface area is 104 Å². The van der Waals surface area contributed by atoms with Crippen LogP contribution in [0, 0.1) is 5.82 Å². The molecule has 1 aromatic carbocycles. The second kappa shape index (κ2) is 5.15. The molecule has 0 bridgehead atoms. The first-order chi connectivity index (χ1) is 7.66. The van der Waals surface area contributed by atoms with Crippen LogP contribution >= 0.6 is 15.9 Å². The van der Waals surface area contributed by atoms with Crippen LogP contribution in [0.15, 0.2) is 22.7 Å². The normalized spacial score (nSPS) is 25.4. The molecule has 0 saturated heterocycles. The van der Waals surface area contributed by atoms with Crippen molar-refractivity contribution >= 4 is 21.6 Å². The maximum absolute atomic E-state index is 13.5. The summed E-state index contributed by atoms with van der Waals surface area (Å²) < 4.78 is 14.4. The van der Waals surface area contributed by atoms with Crippen molar-refractivity contribution in [3.05, 3.63) is 28.5 Å². The van der Waals surface area contributed by atoms with Gasteiger partial charge in [0.05, 0.1) is 5.69 Å². The molecule has 16 heavy (non-hydrogen) atoms. The lowest BCUT2D eigenvalue weighted by molar-refractivity contribution is 0.403. The Kier molecular flexibility index (Phi) is 3.82. The highest BCUT2D eigenvalue weighted by Gasteiger charge is 2.22. The molecule has 88 valence electrons. The third kappa shape index (κ3) is 2.74. The molecule has 0 radical (unpaired) electrons. The van der Waals surface area contributed by atoms with Crippen molar-refractivity contribution in [1.82, 2.24) is 0 Å². The number of rotatable bonds is 2. The van der Waals surface area contributed by atoms with Crippen molar-refractivity contribution in [2.24, 2.45) is 5.73 Å². The fraction of sp³-hybridized carbons (Fsp3) is 0.500. The first kappa shape index (κ1) is 11.9. The first-order valence-electron chi connectivity index (χ1n) is 5.64. The maximum Gasteiger partial charge on any atom is 0.146 e. The molecule has 0 heterocycles. The Morgan fingerprint density at radius 3 is 2.81 bits per heavy atom. The van der Waals surface area contributed by atoms with Crippen molar-refractivity contribution < 1.29 is 4.39 Å². The van der Waals surface area contributed by atoms with Crippen molar-refractivity contribution in [3.63, 3.8) is 0 Å². The highest BCUT2D eigenvalue weighted by atomic mass is 79.9. The van der Waals surface area contributed by atoms with Gasteiger partial charge in [-0.2, -0.15) is 0 Å². The van der Waals surface area contributed by atoms with Gasteiger partial charge in [0.1, 0.15) is 5.82 Å². The van der Waals surface area contributed by atoms with E-state index < -0.39 is 0 Å². The van der Waals surface area contributed by atoms with E-state index in [0.29, 0.717) is 5.69 Å². The van der Waals surface area contributed by atoms with Gasteiger partial charge >= 0.3 is 0 Å². The Hall–Kier alpha value is -0.610. The largest absolute Gasteiger partial charge is 0.378 e. The lowest BCUT2D eigenvalue weighted by Gasteiger charge is -2.30. The summed E-state index contributed by atoms with van der Waals surface area (Å²) in [5.74, 6) is -0.221. The topological polar surface area (TPSA) is 38.0 Å². The highest BCUT2D eigenvalue weighted by molar-refractivity contribution is 9.10. The van der Waals surface area contributed by atoms with Gasteiger partial charge in [-0.3, -0.25) is 0 Å². The zero-order chi connectivity index (χ0) is 11.5. The molecule has 1 aromatic rings. The monoisotopic (exact) mass is 286 g/mol. The average molecular weight is 287 g/mol. The van der Waals surface area contributed by atoms with E-state index in [2.05, 4.69) is 21.2 Å². The number of nitrogens with one attached hydrogen (secondary N) is 1. The van der Waals surface area contributed by atoms with Gasteiger partial charge in [-0.05, 0) is 31.0 Å². The molecule has 2 unspecified atom stereocenters. The predicted octanol–water partition coefficient (Wildman–Crippen LogP) is 3.27. The van der Waals surface area contributed by atoms with E-state index in [0.717, 1.165) is 17.3 Å². The molecule has 2 atom stereocenters. The summed E-state index contributed by atoms with van der Waals surface area (Å²) in [5.41, 5.74) is 6.56. The van der Waals surface area contributed by atoms with Crippen LogP contribution in [-0.4, -0.2) is 12.1 Å². The number of benzene rings is 1. The molecule has 1 saturated carbocycles. The molecule has 2 nitrogen and oxygen atoms in total. The van der Waals surface area contributed by atoms with Crippen molar-refractivity contribution in [2.45, 2.75) is 37.8 Å². The number of hydrogen-bond donors (Lipinski definition) is 2. The summed E-state index contributed by atoms with van der Waals surface area (Å²) in [5, 5.41) is 3.21. The van der Waals surface area contributed by atoms with E-state index in [4.69, 9.17) is 5.73 Å². The summed E-state index contributed by atoms with van der Waals surface area (Å²) in [6.07, 6.45) is 4.39. The number of anilines is 1. The highest BCUT2D eigenvalue weighted by Crippen LogP contribution is 2.25. The molecule has 1 fully saturated rings. The van der Waals surface area contributed by atoms with Gasteiger partial charge in [0.2, 0.25) is 0 Å². The van der Waals surface area contributed by atoms with Gasteiger partial charge in [-0.15, -0.1) is 0 Å². The van der Waals surface area contributed by atoms with Crippen LogP contribution in [0.1, 0.15) is 25.7 Å². The minimum absolute atomic E-state index is 0.132. The Morgan fingerprint density at radius 1 is 1.31 bits per heavy atom. The standard InChI is InChI=1S/C12H16BrFN2/c13-8-5-6-9(14)12(7-8)16-11-4-2-1-3-10(11)15/h5-7,10-11,16H,1-4,15H2. The summed E-state index contributed by atoms with van der Waals surface area (Å²) >= 11 is 3.34. The van der Waals surface area contributed by atoms with Crippen molar-refractivity contribution in [2.75, 3.05) is 5.32 Å². The van der Waals surface area contributed by atoms with Gasteiger partial charge in [0, 0.05) is 16.6 Å². The zero-order valence-corrected chi connectivity index (χ0v) is 10.6. The Balaban J connectivity index is 2.10. The number of hydrogen-bond acceptors (Lipinski definition) is 2. The fourth-order valence-electron chi connectivity index (χ4n) is 2.15. The van der Waals surface area contributed by atoms with Crippen LogP contribution in [0.25, 0.3) is 0 Å². The summed E-state index contributed by atoms with van der Waals surface area (Å²) in [7, 11) is 0. The van der Waals surface area contributed by atoms with Gasteiger partial charge in [-0.25, -0.2) is 4.39 Å². The maximum atomic E-state index is 13.5. The number of nitrogens with two attached hydrogens (primary N) is 1. The van der Waals surface area contributed by atoms with Gasteiger partial charge in [0.25, 0.3) is 0 Å². The Bertz CT molecular complexity index is 370. The summed E-state index contributed by atoms with van der Waals surface area (Å²) in [4.78, 5) is 0. The van der Waals surface area contributed by atoms with E-state index in [1.165, 1.54) is 18.9 Å². The fourth-order valence-corrected chi connectivity index (χ4v) is 2.51. The van der Waals surface area contributed by atoms with E-state index in [1.54, 1.807) is 12.1 Å². The summed E-state index contributed by atoms with van der Waals surface area (Å²) in [6.45, 7) is 0. The van der Waals surface area contributed by atoms with E-state index in [1.807, 2.05) is 0 Å². The SMILES string of the molecule is NC1CCCCC1Nc1cc(Br)ccc1F. The molecule has 1 aliphatic carbocycles. The molecule has 3 N–H and O–H groups in total. The molecule has 0 spiro atoms. The second-order valence-electron chi connectivity index (χ2n) is 4.32. The van der Waals surface area contributed by atoms with E-state index in [-0.39, 0.29) is 17.9 Å². The molecule has 4 heteroatoms. The minimum Gasteiger partial charge on any atom is -0.378 e. The lowest BCUT2D eigenvalue weighted by atomic mass is 9.91. The molecule has 2 rings (SSSR count). The Morgan fingerprint density at radius 2 is 2.06 bits per heavy atom. The quantitative estimate of drug-likeness (QED) is 0.876. The van der Waals surface area contributed by atoms with Crippen LogP contribution < -0.4 is 11.1 Å². The van der Waals surface area contributed by atoms with Crippen LogP contribution in [0.3, 0.4) is 0 Å². The lowest BCUT2D eigenvalue weighted by Crippen LogP contribution is -2.42. The van der Waals surface area contributed by atoms with Crippen LogP contribution in [0.5, 0.6) is 0 Å². The molecule has 1 aliphatic rings. The minimum atomic E-state index is -0.221. The molecule has 0 amide bonds. The van der Waals surface area contributed by atoms with Gasteiger partial charge in [0.15, 0.2) is 0 Å². The van der Waals surface area contributed by atoms with Crippen molar-refractivity contribution in [1.29, 1.82) is 0 Å². The van der Waals surface area contributed by atoms with E-state index >= 15 is 0 Å². The third-order valence-corrected chi connectivity index (χ3v) is 3.58. The first-order valence-corrected chi connectivity index (χ1v) is 6.43. The zero-order valence-electron chi connectivity index (χ0n) is 9.05. The van der Waals surface area contributed by atoms with Gasteiger partial charge in [-0.1, -0.05) is 28.8 Å². The van der Waals surface area contributed by atoms with Gasteiger partial charge < -0.3 is 11.1 Å². The van der Waals surface area contributed by atoms with Crippen LogP contribution in [-0.2, 0) is 0 Å². The number of halogens is 2. The second-order valence-corrected chi connectivity index (χ2v) is 5.24. The van der Waals surface area contributed by atoms with E-state index in [9.17, 15) is 4.39 Å². The van der Waals surface area contributed by atoms with Crippen molar-refractivity contribution in [3.8, 4) is 0 Å². The summed E-state index contributed by atoms with van der Waals surface area (Å²) in [6, 6.07) is 5.24. The average Bonchev–Trinajstić information content (AvgIpc) is 2.27. The van der Waals surface area contributed by atoms with Crippen LogP contribution in [0.2, 0.25) is 0 Å². The molecule has 0 aromatic heterocycles. The predicted molar refractivity (Wildman–Crippen MR) is 68.0 cm³/mol. The smallest absolute Gasteiger partial charge is 0.146 e. The third-order valence-electron chi connectivity index (χ3n) is 3.09.